The number of hydrogen-bond donors (Lipinski definition) is 1. The van der Waals surface area contributed by atoms with Crippen LogP contribution >= 0.6 is 0 Å². The van der Waals surface area contributed by atoms with Crippen LogP contribution in [0.3, 0.4) is 0 Å². The van der Waals surface area contributed by atoms with E-state index in [1.165, 1.54) is 0 Å². The molecule has 5 heteroatoms. The van der Waals surface area contributed by atoms with E-state index in [0.717, 1.165) is 33.5 Å². The Balaban J connectivity index is 1.79. The number of nitrogens with zero attached hydrogens (tertiary/aromatic N) is 4. The summed E-state index contributed by atoms with van der Waals surface area (Å²) in [6, 6.07) is 17.8. The maximum absolute atomic E-state index is 6.48. The van der Waals surface area contributed by atoms with Crippen molar-refractivity contribution in [3.05, 3.63) is 78.4 Å². The van der Waals surface area contributed by atoms with Crippen molar-refractivity contribution in [1.29, 1.82) is 0 Å². The van der Waals surface area contributed by atoms with Gasteiger partial charge in [-0.3, -0.25) is 14.6 Å². The maximum atomic E-state index is 6.48. The summed E-state index contributed by atoms with van der Waals surface area (Å²) in [4.78, 5) is 8.94. The van der Waals surface area contributed by atoms with Crippen LogP contribution in [0.4, 0.5) is 0 Å². The van der Waals surface area contributed by atoms with Crippen molar-refractivity contribution in [3.63, 3.8) is 0 Å². The minimum absolute atomic E-state index is 0.244. The second-order valence-corrected chi connectivity index (χ2v) is 6.06. The number of nitrogens with two attached hydrogens (primary N) is 1. The predicted molar refractivity (Wildman–Crippen MR) is 98.8 cm³/mol. The van der Waals surface area contributed by atoms with Crippen molar-refractivity contribution in [1.82, 2.24) is 19.7 Å². The molecule has 0 aliphatic carbocycles. The van der Waals surface area contributed by atoms with Crippen LogP contribution in [0.1, 0.15) is 17.4 Å². The lowest BCUT2D eigenvalue weighted by Crippen LogP contribution is -2.16. The van der Waals surface area contributed by atoms with Crippen molar-refractivity contribution < 1.29 is 0 Å². The van der Waals surface area contributed by atoms with Gasteiger partial charge in [0.2, 0.25) is 0 Å². The van der Waals surface area contributed by atoms with E-state index in [9.17, 15) is 0 Å². The lowest BCUT2D eigenvalue weighted by molar-refractivity contribution is 0.684. The van der Waals surface area contributed by atoms with E-state index in [4.69, 9.17) is 10.8 Å². The minimum atomic E-state index is -0.244. The largest absolute Gasteiger partial charge is 0.322 e. The van der Waals surface area contributed by atoms with Gasteiger partial charge in [0.15, 0.2) is 0 Å². The van der Waals surface area contributed by atoms with Crippen molar-refractivity contribution in [2.24, 2.45) is 12.8 Å². The second-order valence-electron chi connectivity index (χ2n) is 6.06. The molecule has 1 aromatic carbocycles. The molecule has 25 heavy (non-hydrogen) atoms. The quantitative estimate of drug-likeness (QED) is 0.624. The van der Waals surface area contributed by atoms with Crippen molar-refractivity contribution >= 4 is 10.9 Å². The van der Waals surface area contributed by atoms with E-state index in [-0.39, 0.29) is 6.04 Å². The Kier molecular flexibility index (Phi) is 3.99. The van der Waals surface area contributed by atoms with Crippen LogP contribution in [-0.2, 0) is 13.5 Å². The van der Waals surface area contributed by atoms with Crippen LogP contribution in [0.2, 0.25) is 0 Å². The number of benzene rings is 1. The van der Waals surface area contributed by atoms with Crippen molar-refractivity contribution in [2.75, 3.05) is 0 Å². The van der Waals surface area contributed by atoms with E-state index >= 15 is 0 Å². The molecule has 0 saturated carbocycles. The fourth-order valence-electron chi connectivity index (χ4n) is 3.17. The molecule has 0 amide bonds. The molecule has 0 spiro atoms. The number of pyridine rings is 2. The van der Waals surface area contributed by atoms with Gasteiger partial charge in [-0.2, -0.15) is 5.10 Å². The smallest absolute Gasteiger partial charge is 0.102 e. The molecule has 5 nitrogen and oxygen atoms in total. The highest BCUT2D eigenvalue weighted by Crippen LogP contribution is 2.31. The Morgan fingerprint density at radius 2 is 1.76 bits per heavy atom. The molecular formula is C20H19N5. The topological polar surface area (TPSA) is 69.6 Å². The zero-order valence-corrected chi connectivity index (χ0v) is 14.0. The molecule has 0 aliphatic rings. The van der Waals surface area contributed by atoms with E-state index in [0.29, 0.717) is 6.42 Å². The van der Waals surface area contributed by atoms with Crippen LogP contribution in [0.15, 0.2) is 67.0 Å². The molecule has 2 N–H and O–H groups in total. The summed E-state index contributed by atoms with van der Waals surface area (Å²) < 4.78 is 1.89. The van der Waals surface area contributed by atoms with E-state index in [2.05, 4.69) is 22.1 Å². The molecule has 3 aromatic heterocycles. The third-order valence-corrected chi connectivity index (χ3v) is 4.36. The Morgan fingerprint density at radius 3 is 2.60 bits per heavy atom. The third kappa shape index (κ3) is 2.90. The Labute approximate surface area is 146 Å². The highest BCUT2D eigenvalue weighted by atomic mass is 15.3. The van der Waals surface area contributed by atoms with Gasteiger partial charge in [-0.1, -0.05) is 24.3 Å². The molecule has 3 heterocycles. The summed E-state index contributed by atoms with van der Waals surface area (Å²) in [5.74, 6) is 0. The van der Waals surface area contributed by atoms with Gasteiger partial charge in [-0.25, -0.2) is 0 Å². The molecule has 0 fully saturated rings. The van der Waals surface area contributed by atoms with Gasteiger partial charge in [-0.15, -0.1) is 0 Å². The minimum Gasteiger partial charge on any atom is -0.322 e. The monoisotopic (exact) mass is 329 g/mol. The van der Waals surface area contributed by atoms with Crippen LogP contribution in [0.5, 0.6) is 0 Å². The van der Waals surface area contributed by atoms with Gasteiger partial charge < -0.3 is 5.73 Å². The number of fused-ring (bicyclic) bond motifs is 1. The second kappa shape index (κ2) is 6.45. The van der Waals surface area contributed by atoms with Gasteiger partial charge in [0.05, 0.1) is 17.3 Å². The molecule has 1 atom stereocenters. The summed E-state index contributed by atoms with van der Waals surface area (Å²) in [6.45, 7) is 0. The first-order chi connectivity index (χ1) is 12.2. The highest BCUT2D eigenvalue weighted by molar-refractivity contribution is 5.93. The van der Waals surface area contributed by atoms with E-state index in [1.54, 1.807) is 12.4 Å². The number of hydrogen-bond acceptors (Lipinski definition) is 4. The molecular weight excluding hydrogens is 310 g/mol. The van der Waals surface area contributed by atoms with Crippen LogP contribution < -0.4 is 5.73 Å². The first-order valence-electron chi connectivity index (χ1n) is 8.26. The molecule has 0 bridgehead atoms. The number of para-hydroxylation sites is 1. The normalized spacial score (nSPS) is 12.4. The average molecular weight is 329 g/mol. The Morgan fingerprint density at radius 1 is 0.960 bits per heavy atom. The first-order valence-corrected chi connectivity index (χ1v) is 8.26. The first kappa shape index (κ1) is 15.5. The molecule has 4 aromatic rings. The van der Waals surface area contributed by atoms with Crippen LogP contribution in [0.25, 0.3) is 22.2 Å². The van der Waals surface area contributed by atoms with E-state index < -0.39 is 0 Å². The molecule has 0 saturated heterocycles. The zero-order valence-electron chi connectivity index (χ0n) is 14.0. The average Bonchev–Trinajstić information content (AvgIpc) is 3.00. The summed E-state index contributed by atoms with van der Waals surface area (Å²) in [5.41, 5.74) is 11.3. The summed E-state index contributed by atoms with van der Waals surface area (Å²) in [7, 11) is 1.95. The molecule has 124 valence electrons. The molecule has 0 radical (unpaired) electrons. The highest BCUT2D eigenvalue weighted by Gasteiger charge is 2.19. The standard InChI is InChI=1S/C20H19N5/c1-25-18-10-3-2-8-15(18)19(24-25)16-9-6-12-23-20(16)17(21)13-14-7-4-5-11-22-14/h2-12,17H,13,21H2,1H3/t17-/m0/s1. The predicted octanol–water partition coefficient (Wildman–Crippen LogP) is 3.27. The van der Waals surface area contributed by atoms with Gasteiger partial charge in [0.1, 0.15) is 5.69 Å². The SMILES string of the molecule is Cn1nc(-c2cccnc2[C@@H](N)Cc2ccccn2)c2ccccc21. The third-order valence-electron chi connectivity index (χ3n) is 4.36. The fourth-order valence-corrected chi connectivity index (χ4v) is 3.17. The van der Waals surface area contributed by atoms with Gasteiger partial charge in [0.25, 0.3) is 0 Å². The summed E-state index contributed by atoms with van der Waals surface area (Å²) in [6.07, 6.45) is 4.20. The fraction of sp³-hybridized carbons (Fsp3) is 0.150. The lowest BCUT2D eigenvalue weighted by atomic mass is 9.99. The maximum Gasteiger partial charge on any atom is 0.102 e. The van der Waals surface area contributed by atoms with Gasteiger partial charge >= 0.3 is 0 Å². The molecule has 4 rings (SSSR count). The van der Waals surface area contributed by atoms with Crippen molar-refractivity contribution in [2.45, 2.75) is 12.5 Å². The lowest BCUT2D eigenvalue weighted by Gasteiger charge is -2.14. The van der Waals surface area contributed by atoms with Gasteiger partial charge in [0, 0.05) is 42.5 Å². The number of aromatic nitrogens is 4. The van der Waals surface area contributed by atoms with Crippen molar-refractivity contribution in [3.8, 4) is 11.3 Å². The summed E-state index contributed by atoms with van der Waals surface area (Å²) >= 11 is 0. The van der Waals surface area contributed by atoms with Crippen LogP contribution in [0, 0.1) is 0 Å². The zero-order chi connectivity index (χ0) is 17.2. The Bertz CT molecular complexity index is 1010. The van der Waals surface area contributed by atoms with Crippen LogP contribution in [-0.4, -0.2) is 19.7 Å². The molecule has 0 unspecified atom stereocenters. The van der Waals surface area contributed by atoms with Gasteiger partial charge in [-0.05, 0) is 30.3 Å². The Hall–Kier alpha value is -3.05. The number of aryl methyl sites for hydroxylation is 1. The molecule has 0 aliphatic heterocycles. The number of rotatable bonds is 4. The summed E-state index contributed by atoms with van der Waals surface area (Å²) in [5, 5.41) is 5.82. The van der Waals surface area contributed by atoms with E-state index in [1.807, 2.05) is 54.2 Å².